The van der Waals surface area contributed by atoms with Crippen LogP contribution in [0.2, 0.25) is 5.02 Å². The first kappa shape index (κ1) is 23.2. The lowest BCUT2D eigenvalue weighted by Gasteiger charge is -2.27. The van der Waals surface area contributed by atoms with Gasteiger partial charge in [0.15, 0.2) is 0 Å². The van der Waals surface area contributed by atoms with E-state index in [2.05, 4.69) is 5.32 Å². The molecule has 9 heteroatoms. The standard InChI is InChI=1S/C21H24ClN3O5/c1-13(2)19(23-20(26)14-5-8-17(30-4)9-6-14)21(27)24(3)12-15-11-16(25(28)29)7-10-18(15)22/h5-11,13,19H,12H2,1-4H3,(H,23,26). The van der Waals surface area contributed by atoms with Gasteiger partial charge in [-0.3, -0.25) is 19.7 Å². The molecule has 8 nitrogen and oxygen atoms in total. The molecule has 1 unspecified atom stereocenters. The summed E-state index contributed by atoms with van der Waals surface area (Å²) in [4.78, 5) is 37.5. The molecule has 0 saturated carbocycles. The molecule has 30 heavy (non-hydrogen) atoms. The summed E-state index contributed by atoms with van der Waals surface area (Å²) >= 11 is 6.14. The Morgan fingerprint density at radius 1 is 1.20 bits per heavy atom. The molecule has 2 aromatic carbocycles. The molecule has 1 N–H and O–H groups in total. The molecule has 0 aliphatic carbocycles. The van der Waals surface area contributed by atoms with Crippen LogP contribution in [0, 0.1) is 16.0 Å². The highest BCUT2D eigenvalue weighted by atomic mass is 35.5. The lowest BCUT2D eigenvalue weighted by atomic mass is 10.0. The first-order chi connectivity index (χ1) is 14.1. The van der Waals surface area contributed by atoms with Gasteiger partial charge in [-0.05, 0) is 41.8 Å². The van der Waals surface area contributed by atoms with Crippen molar-refractivity contribution in [1.29, 1.82) is 0 Å². The molecule has 2 amide bonds. The number of ether oxygens (including phenoxy) is 1. The van der Waals surface area contributed by atoms with E-state index in [1.807, 2.05) is 13.8 Å². The van der Waals surface area contributed by atoms with Gasteiger partial charge in [0.2, 0.25) is 5.91 Å². The van der Waals surface area contributed by atoms with Crippen molar-refractivity contribution in [2.24, 2.45) is 5.92 Å². The third-order valence-electron chi connectivity index (χ3n) is 4.60. The van der Waals surface area contributed by atoms with Gasteiger partial charge in [0.05, 0.1) is 12.0 Å². The molecule has 0 aromatic heterocycles. The average molecular weight is 434 g/mol. The van der Waals surface area contributed by atoms with Gasteiger partial charge in [-0.15, -0.1) is 0 Å². The number of nitrogens with one attached hydrogen (secondary N) is 1. The fourth-order valence-corrected chi connectivity index (χ4v) is 3.02. The Hall–Kier alpha value is -3.13. The number of benzene rings is 2. The Labute approximate surface area is 179 Å². The Bertz CT molecular complexity index is 931. The second-order valence-corrected chi connectivity index (χ2v) is 7.56. The van der Waals surface area contributed by atoms with Gasteiger partial charge >= 0.3 is 0 Å². The smallest absolute Gasteiger partial charge is 0.269 e. The quantitative estimate of drug-likeness (QED) is 0.505. The van der Waals surface area contributed by atoms with Crippen LogP contribution >= 0.6 is 11.6 Å². The third kappa shape index (κ3) is 5.70. The fourth-order valence-electron chi connectivity index (χ4n) is 2.85. The van der Waals surface area contributed by atoms with Crippen LogP contribution in [0.4, 0.5) is 5.69 Å². The van der Waals surface area contributed by atoms with E-state index in [9.17, 15) is 19.7 Å². The normalized spacial score (nSPS) is 11.7. The highest BCUT2D eigenvalue weighted by molar-refractivity contribution is 6.31. The number of halogens is 1. The molecule has 0 radical (unpaired) electrons. The predicted molar refractivity (Wildman–Crippen MR) is 114 cm³/mol. The summed E-state index contributed by atoms with van der Waals surface area (Å²) in [6.07, 6.45) is 0. The minimum absolute atomic E-state index is 0.0704. The molecule has 0 bridgehead atoms. The number of amides is 2. The molecule has 0 aliphatic rings. The number of hydrogen-bond donors (Lipinski definition) is 1. The van der Waals surface area contributed by atoms with Gasteiger partial charge < -0.3 is 15.0 Å². The van der Waals surface area contributed by atoms with Gasteiger partial charge in [0.1, 0.15) is 11.8 Å². The van der Waals surface area contributed by atoms with E-state index in [-0.39, 0.29) is 30.0 Å². The van der Waals surface area contributed by atoms with Gasteiger partial charge in [-0.1, -0.05) is 25.4 Å². The topological polar surface area (TPSA) is 102 Å². The molecule has 0 spiro atoms. The Morgan fingerprint density at radius 2 is 1.83 bits per heavy atom. The van der Waals surface area contributed by atoms with Crippen LogP contribution in [-0.4, -0.2) is 41.8 Å². The molecule has 160 valence electrons. The fraction of sp³-hybridized carbons (Fsp3) is 0.333. The van der Waals surface area contributed by atoms with E-state index in [1.54, 1.807) is 31.3 Å². The maximum atomic E-state index is 13.0. The number of nitro groups is 1. The number of methoxy groups -OCH3 is 1. The largest absolute Gasteiger partial charge is 0.497 e. The minimum atomic E-state index is -0.776. The van der Waals surface area contributed by atoms with Crippen LogP contribution < -0.4 is 10.1 Å². The molecule has 0 heterocycles. The number of likely N-dealkylation sites (N-methyl/N-ethyl adjacent to an activating group) is 1. The zero-order chi connectivity index (χ0) is 22.4. The van der Waals surface area contributed by atoms with Gasteiger partial charge in [0, 0.05) is 36.3 Å². The number of carbonyl (C=O) groups is 2. The van der Waals surface area contributed by atoms with Crippen molar-refractivity contribution in [1.82, 2.24) is 10.2 Å². The summed E-state index contributed by atoms with van der Waals surface area (Å²) in [6, 6.07) is 9.85. The Morgan fingerprint density at radius 3 is 2.37 bits per heavy atom. The molecule has 2 aromatic rings. The molecular weight excluding hydrogens is 410 g/mol. The molecule has 0 fully saturated rings. The molecule has 2 rings (SSSR count). The maximum Gasteiger partial charge on any atom is 0.269 e. The van der Waals surface area contributed by atoms with Gasteiger partial charge in [-0.2, -0.15) is 0 Å². The summed E-state index contributed by atoms with van der Waals surface area (Å²) in [5.41, 5.74) is 0.743. The van der Waals surface area contributed by atoms with E-state index in [0.717, 1.165) is 0 Å². The monoisotopic (exact) mass is 433 g/mol. The van der Waals surface area contributed by atoms with Crippen LogP contribution in [-0.2, 0) is 11.3 Å². The molecule has 1 atom stereocenters. The van der Waals surface area contributed by atoms with Gasteiger partial charge in [0.25, 0.3) is 11.6 Å². The zero-order valence-electron chi connectivity index (χ0n) is 17.2. The van der Waals surface area contributed by atoms with E-state index in [4.69, 9.17) is 16.3 Å². The summed E-state index contributed by atoms with van der Waals surface area (Å²) in [5.74, 6) is -0.264. The van der Waals surface area contributed by atoms with Crippen LogP contribution in [0.5, 0.6) is 5.75 Å². The maximum absolute atomic E-state index is 13.0. The molecular formula is C21H24ClN3O5. The Kier molecular flexibility index (Phi) is 7.77. The van der Waals surface area contributed by atoms with Crippen molar-refractivity contribution in [2.75, 3.05) is 14.2 Å². The number of nitrogens with zero attached hydrogens (tertiary/aromatic N) is 2. The lowest BCUT2D eigenvalue weighted by Crippen LogP contribution is -2.50. The summed E-state index contributed by atoms with van der Waals surface area (Å²) in [5, 5.41) is 14.1. The van der Waals surface area contributed by atoms with E-state index in [0.29, 0.717) is 21.9 Å². The van der Waals surface area contributed by atoms with E-state index >= 15 is 0 Å². The average Bonchev–Trinajstić information content (AvgIpc) is 2.72. The summed E-state index contributed by atoms with van der Waals surface area (Å²) in [6.45, 7) is 3.72. The summed E-state index contributed by atoms with van der Waals surface area (Å²) in [7, 11) is 3.10. The number of carbonyl (C=O) groups excluding carboxylic acids is 2. The third-order valence-corrected chi connectivity index (χ3v) is 4.96. The van der Waals surface area contributed by atoms with Crippen LogP contribution in [0.25, 0.3) is 0 Å². The van der Waals surface area contributed by atoms with Crippen molar-refractivity contribution >= 4 is 29.1 Å². The second kappa shape index (κ2) is 10.1. The first-order valence-corrected chi connectivity index (χ1v) is 9.64. The van der Waals surface area contributed by atoms with Crippen molar-refractivity contribution in [3.63, 3.8) is 0 Å². The number of nitro benzene ring substituents is 1. The van der Waals surface area contributed by atoms with E-state index < -0.39 is 11.0 Å². The summed E-state index contributed by atoms with van der Waals surface area (Å²) < 4.78 is 5.08. The second-order valence-electron chi connectivity index (χ2n) is 7.15. The highest BCUT2D eigenvalue weighted by Crippen LogP contribution is 2.23. The number of rotatable bonds is 8. The molecule has 0 aliphatic heterocycles. The SMILES string of the molecule is COc1ccc(C(=O)NC(C(=O)N(C)Cc2cc([N+](=O)[O-])ccc2Cl)C(C)C)cc1. The van der Waals surface area contributed by atoms with Crippen LogP contribution in [0.15, 0.2) is 42.5 Å². The number of non-ortho nitro benzene ring substituents is 1. The van der Waals surface area contributed by atoms with Crippen molar-refractivity contribution in [3.8, 4) is 5.75 Å². The van der Waals surface area contributed by atoms with Crippen LogP contribution in [0.3, 0.4) is 0 Å². The minimum Gasteiger partial charge on any atom is -0.497 e. The van der Waals surface area contributed by atoms with Crippen molar-refractivity contribution < 1.29 is 19.2 Å². The first-order valence-electron chi connectivity index (χ1n) is 9.26. The predicted octanol–water partition coefficient (Wildman–Crippen LogP) is 3.67. The van der Waals surface area contributed by atoms with E-state index in [1.165, 1.54) is 30.2 Å². The number of hydrogen-bond acceptors (Lipinski definition) is 5. The lowest BCUT2D eigenvalue weighted by molar-refractivity contribution is -0.384. The van der Waals surface area contributed by atoms with Crippen molar-refractivity contribution in [2.45, 2.75) is 26.4 Å². The highest BCUT2D eigenvalue weighted by Gasteiger charge is 2.28. The van der Waals surface area contributed by atoms with Crippen molar-refractivity contribution in [3.05, 3.63) is 68.7 Å². The molecule has 0 saturated heterocycles. The van der Waals surface area contributed by atoms with Crippen LogP contribution in [0.1, 0.15) is 29.8 Å². The van der Waals surface area contributed by atoms with Gasteiger partial charge in [-0.25, -0.2) is 0 Å². The Balaban J connectivity index is 2.15. The zero-order valence-corrected chi connectivity index (χ0v) is 18.0.